The van der Waals surface area contributed by atoms with Gasteiger partial charge in [-0.15, -0.1) is 0 Å². The maximum absolute atomic E-state index is 12.9. The summed E-state index contributed by atoms with van der Waals surface area (Å²) in [5.74, 6) is 4.90. The number of aromatic nitrogens is 2. The summed E-state index contributed by atoms with van der Waals surface area (Å²) in [6.07, 6.45) is -4.64. The fraction of sp³-hybridized carbons (Fsp3) is 0.231. The van der Waals surface area contributed by atoms with Crippen molar-refractivity contribution in [3.63, 3.8) is 0 Å². The van der Waals surface area contributed by atoms with Crippen molar-refractivity contribution in [3.8, 4) is 5.69 Å². The van der Waals surface area contributed by atoms with Gasteiger partial charge < -0.3 is 17.3 Å². The molecule has 142 valence electrons. The maximum atomic E-state index is 12.9. The Balaban J connectivity index is 2.78. The second kappa shape index (κ2) is 7.33. The van der Waals surface area contributed by atoms with Gasteiger partial charge in [-0.25, -0.2) is 4.68 Å². The zero-order valence-electron chi connectivity index (χ0n) is 13.1. The monoisotopic (exact) mass is 428 g/mol. The standard InChI is InChI=1S/C13H13Cl2F3N6OS/c1-2-26(25)10-8(11(19)22-21)23-24(12(10)20)9-6(14)3-5(4-7(9)15)13(16,17)18/h3-4H,2,20-21H2,1H3,(H2,19,22). The molecule has 0 saturated carbocycles. The smallest absolute Gasteiger partial charge is 0.383 e. The molecule has 0 aliphatic rings. The van der Waals surface area contributed by atoms with Crippen LogP contribution in [0, 0.1) is 0 Å². The molecule has 1 aromatic heterocycles. The van der Waals surface area contributed by atoms with Crippen molar-refractivity contribution in [1.82, 2.24) is 9.78 Å². The predicted octanol–water partition coefficient (Wildman–Crippen LogP) is 2.49. The molecule has 1 heterocycles. The van der Waals surface area contributed by atoms with Gasteiger partial charge in [0.05, 0.1) is 26.4 Å². The Morgan fingerprint density at radius 2 is 1.88 bits per heavy atom. The lowest BCUT2D eigenvalue weighted by atomic mass is 10.2. The Bertz CT molecular complexity index is 889. The van der Waals surface area contributed by atoms with Crippen molar-refractivity contribution in [2.75, 3.05) is 11.5 Å². The minimum Gasteiger partial charge on any atom is -0.383 e. The van der Waals surface area contributed by atoms with Crippen LogP contribution >= 0.6 is 23.2 Å². The average Bonchev–Trinajstić information content (AvgIpc) is 2.89. The van der Waals surface area contributed by atoms with Crippen LogP contribution in [0.5, 0.6) is 0 Å². The Hall–Kier alpha value is -1.98. The molecule has 0 aliphatic carbocycles. The van der Waals surface area contributed by atoms with Crippen LogP contribution in [0.3, 0.4) is 0 Å². The first kappa shape index (κ1) is 20.3. The molecule has 7 nitrogen and oxygen atoms in total. The lowest BCUT2D eigenvalue weighted by Crippen LogP contribution is -2.19. The van der Waals surface area contributed by atoms with E-state index in [1.165, 1.54) is 0 Å². The zero-order chi connectivity index (χ0) is 19.8. The number of nitrogen functional groups attached to an aromatic ring is 1. The summed E-state index contributed by atoms with van der Waals surface area (Å²) in [6, 6.07) is 1.36. The molecule has 6 N–H and O–H groups in total. The first-order valence-electron chi connectivity index (χ1n) is 6.90. The molecule has 1 unspecified atom stereocenters. The topological polar surface area (TPSA) is 125 Å². The van der Waals surface area contributed by atoms with Gasteiger partial charge >= 0.3 is 6.18 Å². The second-order valence-electron chi connectivity index (χ2n) is 4.91. The number of hydrogen-bond donors (Lipinski definition) is 3. The molecule has 1 atom stereocenters. The lowest BCUT2D eigenvalue weighted by Gasteiger charge is -2.13. The molecule has 26 heavy (non-hydrogen) atoms. The van der Waals surface area contributed by atoms with Crippen LogP contribution in [0.25, 0.3) is 5.69 Å². The number of rotatable bonds is 4. The lowest BCUT2D eigenvalue weighted by molar-refractivity contribution is -0.137. The molecule has 0 fully saturated rings. The molecular weight excluding hydrogens is 416 g/mol. The van der Waals surface area contributed by atoms with E-state index in [0.717, 1.165) is 4.68 Å². The van der Waals surface area contributed by atoms with Gasteiger partial charge in [-0.2, -0.15) is 23.4 Å². The van der Waals surface area contributed by atoms with Crippen LogP contribution in [-0.4, -0.2) is 25.6 Å². The molecule has 0 aliphatic heterocycles. The van der Waals surface area contributed by atoms with Crippen molar-refractivity contribution in [3.05, 3.63) is 33.4 Å². The third-order valence-electron chi connectivity index (χ3n) is 3.30. The number of nitrogens with zero attached hydrogens (tertiary/aromatic N) is 3. The fourth-order valence-electron chi connectivity index (χ4n) is 2.12. The van der Waals surface area contributed by atoms with E-state index in [0.29, 0.717) is 12.1 Å². The van der Waals surface area contributed by atoms with Gasteiger partial charge in [0.25, 0.3) is 0 Å². The SMILES string of the molecule is CCS(=O)c1c(/C(N)=N/N)nn(-c2c(Cl)cc(C(F)(F)F)cc2Cl)c1N. The van der Waals surface area contributed by atoms with Gasteiger partial charge in [0.15, 0.2) is 5.84 Å². The molecule has 2 rings (SSSR count). The van der Waals surface area contributed by atoms with Gasteiger partial charge in [-0.3, -0.25) is 4.21 Å². The third-order valence-corrected chi connectivity index (χ3v) is 5.26. The van der Waals surface area contributed by atoms with Gasteiger partial charge in [-0.1, -0.05) is 30.1 Å². The highest BCUT2D eigenvalue weighted by Crippen LogP contribution is 2.39. The van der Waals surface area contributed by atoms with Crippen LogP contribution in [0.2, 0.25) is 10.0 Å². The van der Waals surface area contributed by atoms with Crippen molar-refractivity contribution in [2.24, 2.45) is 16.7 Å². The largest absolute Gasteiger partial charge is 0.416 e. The molecule has 13 heteroatoms. The fourth-order valence-corrected chi connectivity index (χ4v) is 3.73. The number of halogens is 5. The van der Waals surface area contributed by atoms with Gasteiger partial charge in [-0.05, 0) is 12.1 Å². The van der Waals surface area contributed by atoms with E-state index in [4.69, 9.17) is 40.5 Å². The van der Waals surface area contributed by atoms with Crippen molar-refractivity contribution >= 4 is 45.7 Å². The number of amidine groups is 1. The van der Waals surface area contributed by atoms with Gasteiger partial charge in [0, 0.05) is 5.75 Å². The van der Waals surface area contributed by atoms with E-state index < -0.39 is 22.5 Å². The normalized spacial score (nSPS) is 13.8. The average molecular weight is 429 g/mol. The molecular formula is C13H13Cl2F3N6OS. The van der Waals surface area contributed by atoms with E-state index in [1.807, 2.05) is 0 Å². The van der Waals surface area contributed by atoms with E-state index in [1.54, 1.807) is 6.92 Å². The minimum atomic E-state index is -4.64. The van der Waals surface area contributed by atoms with Crippen molar-refractivity contribution < 1.29 is 17.4 Å². The number of nitrogens with two attached hydrogens (primary N) is 3. The predicted molar refractivity (Wildman–Crippen MR) is 94.9 cm³/mol. The van der Waals surface area contributed by atoms with Crippen LogP contribution in [-0.2, 0) is 17.0 Å². The highest BCUT2D eigenvalue weighted by molar-refractivity contribution is 7.85. The Labute approximate surface area is 158 Å². The summed E-state index contributed by atoms with van der Waals surface area (Å²) in [5.41, 5.74) is 10.4. The third kappa shape index (κ3) is 3.60. The summed E-state index contributed by atoms with van der Waals surface area (Å²) in [4.78, 5) is 0.0335. The zero-order valence-corrected chi connectivity index (χ0v) is 15.5. The summed E-state index contributed by atoms with van der Waals surface area (Å²) < 4.78 is 51.9. The quantitative estimate of drug-likeness (QED) is 0.298. The van der Waals surface area contributed by atoms with Gasteiger partial charge in [0.2, 0.25) is 0 Å². The van der Waals surface area contributed by atoms with Crippen LogP contribution in [0.1, 0.15) is 18.2 Å². The Morgan fingerprint density at radius 3 is 2.31 bits per heavy atom. The summed E-state index contributed by atoms with van der Waals surface area (Å²) in [7, 11) is -1.61. The van der Waals surface area contributed by atoms with Crippen LogP contribution in [0.4, 0.5) is 19.0 Å². The summed E-state index contributed by atoms with van der Waals surface area (Å²) >= 11 is 11.9. The molecule has 0 radical (unpaired) electrons. The van der Waals surface area contributed by atoms with E-state index in [9.17, 15) is 17.4 Å². The number of hydrazone groups is 1. The number of alkyl halides is 3. The summed E-state index contributed by atoms with van der Waals surface area (Å²) in [6.45, 7) is 1.63. The molecule has 1 aromatic carbocycles. The Kier molecular flexibility index (Phi) is 5.73. The van der Waals surface area contributed by atoms with E-state index in [2.05, 4.69) is 10.2 Å². The second-order valence-corrected chi connectivity index (χ2v) is 7.40. The first-order valence-corrected chi connectivity index (χ1v) is 8.97. The number of benzene rings is 1. The Morgan fingerprint density at radius 1 is 1.35 bits per heavy atom. The summed E-state index contributed by atoms with van der Waals surface area (Å²) in [5, 5.41) is 6.62. The van der Waals surface area contributed by atoms with Gasteiger partial charge in [0.1, 0.15) is 22.1 Å². The molecule has 0 bridgehead atoms. The minimum absolute atomic E-state index is 0.0335. The first-order chi connectivity index (χ1) is 12.0. The molecule has 2 aromatic rings. The highest BCUT2D eigenvalue weighted by Gasteiger charge is 2.33. The van der Waals surface area contributed by atoms with E-state index >= 15 is 0 Å². The van der Waals surface area contributed by atoms with E-state index in [-0.39, 0.29) is 43.7 Å². The molecule has 0 saturated heterocycles. The molecule has 0 amide bonds. The number of hydrogen-bond acceptors (Lipinski definition) is 5. The molecule has 0 spiro atoms. The van der Waals surface area contributed by atoms with Crippen molar-refractivity contribution in [2.45, 2.75) is 18.0 Å². The highest BCUT2D eigenvalue weighted by atomic mass is 35.5. The number of anilines is 1. The van der Waals surface area contributed by atoms with Crippen LogP contribution < -0.4 is 17.3 Å². The van der Waals surface area contributed by atoms with Crippen LogP contribution in [0.15, 0.2) is 22.1 Å². The van der Waals surface area contributed by atoms with Crippen molar-refractivity contribution in [1.29, 1.82) is 0 Å². The maximum Gasteiger partial charge on any atom is 0.416 e.